The molecule has 0 saturated heterocycles. The number of Topliss-reactive ketones (excluding diaryl/α,β-unsaturated/α-hetero) is 1. The molecule has 0 spiro atoms. The molecule has 0 radical (unpaired) electrons. The highest BCUT2D eigenvalue weighted by Crippen LogP contribution is 2.49. The number of aromatic amines is 2. The zero-order valence-electron chi connectivity index (χ0n) is 17.2. The van der Waals surface area contributed by atoms with Gasteiger partial charge >= 0.3 is 0 Å². The molecule has 31 heavy (non-hydrogen) atoms. The lowest BCUT2D eigenvalue weighted by atomic mass is 9.63. The van der Waals surface area contributed by atoms with Crippen LogP contribution < -0.4 is 0 Å². The summed E-state index contributed by atoms with van der Waals surface area (Å²) < 4.78 is 6.27. The Kier molecular flexibility index (Phi) is 4.02. The average Bonchev–Trinajstić information content (AvgIpc) is 3.48. The smallest absolute Gasteiger partial charge is 0.174 e. The van der Waals surface area contributed by atoms with E-state index < -0.39 is 0 Å². The van der Waals surface area contributed by atoms with E-state index >= 15 is 0 Å². The summed E-state index contributed by atoms with van der Waals surface area (Å²) in [7, 11) is 0. The second kappa shape index (κ2) is 6.68. The Balaban J connectivity index is 1.37. The maximum Gasteiger partial charge on any atom is 0.174 e. The predicted molar refractivity (Wildman–Crippen MR) is 118 cm³/mol. The van der Waals surface area contributed by atoms with Gasteiger partial charge in [0.05, 0.1) is 29.1 Å². The van der Waals surface area contributed by atoms with E-state index in [9.17, 15) is 4.79 Å². The van der Waals surface area contributed by atoms with Gasteiger partial charge in [-0.2, -0.15) is 5.10 Å². The Labute approximate surface area is 182 Å². The van der Waals surface area contributed by atoms with Crippen LogP contribution in [0, 0.1) is 11.3 Å². The van der Waals surface area contributed by atoms with Gasteiger partial charge in [0.25, 0.3) is 0 Å². The number of imidazole rings is 1. The summed E-state index contributed by atoms with van der Waals surface area (Å²) in [5, 5.41) is 8.67. The summed E-state index contributed by atoms with van der Waals surface area (Å²) in [4.78, 5) is 26.1. The summed E-state index contributed by atoms with van der Waals surface area (Å²) in [6.07, 6.45) is 3.38. The molecule has 2 aliphatic rings. The third-order valence-corrected chi connectivity index (χ3v) is 7.17. The van der Waals surface area contributed by atoms with E-state index in [2.05, 4.69) is 20.2 Å². The third kappa shape index (κ3) is 2.96. The number of hydrogen-bond donors (Lipinski definition) is 2. The number of hydrogen-bond acceptors (Lipinski definition) is 6. The fraction of sp³-hybridized carbons (Fsp3) is 0.304. The van der Waals surface area contributed by atoms with Crippen molar-refractivity contribution in [2.75, 3.05) is 0 Å². The van der Waals surface area contributed by atoms with Gasteiger partial charge in [-0.1, -0.05) is 26.0 Å². The number of ketones is 1. The molecule has 0 bridgehead atoms. The van der Waals surface area contributed by atoms with Gasteiger partial charge in [0.2, 0.25) is 0 Å². The monoisotopic (exact) mass is 431 g/mol. The van der Waals surface area contributed by atoms with Crippen LogP contribution in [-0.2, 0) is 4.79 Å². The molecule has 1 fully saturated rings. The summed E-state index contributed by atoms with van der Waals surface area (Å²) in [5.41, 5.74) is 3.37. The molecule has 2 unspecified atom stereocenters. The van der Waals surface area contributed by atoms with Crippen molar-refractivity contribution in [1.29, 1.82) is 0 Å². The Hall–Kier alpha value is -3.13. The number of furan rings is 1. The molecule has 4 aromatic rings. The summed E-state index contributed by atoms with van der Waals surface area (Å²) in [6, 6.07) is 11.8. The van der Waals surface area contributed by atoms with Gasteiger partial charge in [-0.25, -0.2) is 9.98 Å². The maximum atomic E-state index is 13.4. The minimum absolute atomic E-state index is 0.220. The molecular formula is C23H21N5O2S. The van der Waals surface area contributed by atoms with E-state index in [0.29, 0.717) is 0 Å². The van der Waals surface area contributed by atoms with E-state index in [4.69, 9.17) is 9.41 Å². The van der Waals surface area contributed by atoms with Crippen LogP contribution in [0.3, 0.4) is 0 Å². The van der Waals surface area contributed by atoms with Crippen LogP contribution >= 0.6 is 11.8 Å². The number of H-pyrrole nitrogens is 2. The molecule has 2 atom stereocenters. The highest BCUT2D eigenvalue weighted by Gasteiger charge is 2.49. The molecule has 2 N–H and O–H groups in total. The molecule has 8 heteroatoms. The number of carbonyl (C=O) groups excluding carboxylic acids is 1. The van der Waals surface area contributed by atoms with E-state index in [1.54, 1.807) is 6.20 Å². The van der Waals surface area contributed by atoms with Gasteiger partial charge in [0.1, 0.15) is 11.5 Å². The van der Waals surface area contributed by atoms with Crippen LogP contribution in [0.5, 0.6) is 0 Å². The minimum Gasteiger partial charge on any atom is -0.454 e. The largest absolute Gasteiger partial charge is 0.454 e. The minimum atomic E-state index is -0.373. The van der Waals surface area contributed by atoms with Crippen molar-refractivity contribution in [3.8, 4) is 0 Å². The maximum absolute atomic E-state index is 13.4. The number of rotatable bonds is 3. The highest BCUT2D eigenvalue weighted by molar-refractivity contribution is 7.99. The first-order chi connectivity index (χ1) is 15.0. The lowest BCUT2D eigenvalue weighted by molar-refractivity contribution is -0.130. The second-order valence-corrected chi connectivity index (χ2v) is 9.79. The molecule has 1 aliphatic carbocycles. The topological polar surface area (TPSA) is 99.9 Å². The van der Waals surface area contributed by atoms with Crippen LogP contribution in [0.1, 0.15) is 43.9 Å². The van der Waals surface area contributed by atoms with Crippen LogP contribution in [0.15, 0.2) is 62.3 Å². The molecule has 1 aliphatic heterocycles. The van der Waals surface area contributed by atoms with Gasteiger partial charge in [-0.05, 0) is 48.9 Å². The van der Waals surface area contributed by atoms with Crippen molar-refractivity contribution < 1.29 is 9.21 Å². The standard InChI is InChI=1S/C23H21N5O2S/c1-23(2)10-9-15-19(20(23)29)18(12-11-24-28-21(12)25-15)16-7-8-17(30-16)31-22-26-13-5-3-4-6-14(13)27-22/h3-8,11,18-19H,9-10H2,1-2H3,(H,24,28)(H,26,27). The highest BCUT2D eigenvalue weighted by atomic mass is 32.2. The Morgan fingerprint density at radius 1 is 1.16 bits per heavy atom. The van der Waals surface area contributed by atoms with Crippen molar-refractivity contribution in [1.82, 2.24) is 20.2 Å². The van der Waals surface area contributed by atoms with Crippen LogP contribution in [-0.4, -0.2) is 31.7 Å². The molecule has 4 heterocycles. The SMILES string of the molecule is CC1(C)CCC2=Nc3[nH]ncc3C(c3ccc(Sc4nc5ccccc5[nH]4)o3)C2C1=O. The summed E-state index contributed by atoms with van der Waals surface area (Å²) >= 11 is 1.44. The average molecular weight is 432 g/mol. The molecule has 7 nitrogen and oxygen atoms in total. The number of aliphatic imine (C=N–C) groups is 1. The van der Waals surface area contributed by atoms with Gasteiger partial charge in [-0.3, -0.25) is 9.89 Å². The zero-order chi connectivity index (χ0) is 21.2. The molecule has 3 aromatic heterocycles. The first kappa shape index (κ1) is 18.6. The lowest BCUT2D eigenvalue weighted by Crippen LogP contribution is -2.45. The van der Waals surface area contributed by atoms with Crippen LogP contribution in [0.2, 0.25) is 0 Å². The van der Waals surface area contributed by atoms with Gasteiger partial charge in [-0.15, -0.1) is 0 Å². The van der Waals surface area contributed by atoms with Crippen molar-refractivity contribution in [3.05, 3.63) is 53.9 Å². The fourth-order valence-electron chi connectivity index (χ4n) is 4.64. The Morgan fingerprint density at radius 2 is 2.03 bits per heavy atom. The quantitative estimate of drug-likeness (QED) is 0.461. The molecule has 1 saturated carbocycles. The predicted octanol–water partition coefficient (Wildman–Crippen LogP) is 5.25. The molecular weight excluding hydrogens is 410 g/mol. The summed E-state index contributed by atoms with van der Waals surface area (Å²) in [6.45, 7) is 4.05. The number of para-hydroxylation sites is 2. The molecule has 1 aromatic carbocycles. The van der Waals surface area contributed by atoms with Gasteiger partial charge in [0.15, 0.2) is 16.1 Å². The van der Waals surface area contributed by atoms with Gasteiger partial charge in [0, 0.05) is 16.7 Å². The third-order valence-electron chi connectivity index (χ3n) is 6.36. The van der Waals surface area contributed by atoms with E-state index in [0.717, 1.165) is 57.0 Å². The van der Waals surface area contributed by atoms with Crippen molar-refractivity contribution in [3.63, 3.8) is 0 Å². The van der Waals surface area contributed by atoms with Crippen LogP contribution in [0.25, 0.3) is 11.0 Å². The first-order valence-electron chi connectivity index (χ1n) is 10.4. The number of carbonyl (C=O) groups is 1. The Morgan fingerprint density at radius 3 is 2.90 bits per heavy atom. The first-order valence-corrected chi connectivity index (χ1v) is 11.2. The fourth-order valence-corrected chi connectivity index (χ4v) is 5.41. The lowest BCUT2D eigenvalue weighted by Gasteiger charge is -2.39. The zero-order valence-corrected chi connectivity index (χ0v) is 18.0. The van der Waals surface area contributed by atoms with Crippen molar-refractivity contribution in [2.24, 2.45) is 16.3 Å². The second-order valence-electron chi connectivity index (χ2n) is 8.80. The molecule has 0 amide bonds. The summed E-state index contributed by atoms with van der Waals surface area (Å²) in [5.74, 6) is 1.16. The Bertz CT molecular complexity index is 1310. The number of nitrogens with one attached hydrogen (secondary N) is 2. The molecule has 6 rings (SSSR count). The molecule has 156 valence electrons. The normalized spacial score (nSPS) is 22.3. The van der Waals surface area contributed by atoms with E-state index in [-0.39, 0.29) is 23.0 Å². The number of nitrogens with zero attached hydrogens (tertiary/aromatic N) is 3. The van der Waals surface area contributed by atoms with E-state index in [1.165, 1.54) is 11.8 Å². The van der Waals surface area contributed by atoms with Crippen molar-refractivity contribution >= 4 is 40.1 Å². The van der Waals surface area contributed by atoms with Crippen molar-refractivity contribution in [2.45, 2.75) is 42.9 Å². The number of aromatic nitrogens is 4. The number of fused-ring (bicyclic) bond motifs is 3. The van der Waals surface area contributed by atoms with Gasteiger partial charge < -0.3 is 9.40 Å². The van der Waals surface area contributed by atoms with E-state index in [1.807, 2.05) is 50.2 Å². The number of benzene rings is 1. The van der Waals surface area contributed by atoms with Crippen LogP contribution in [0.4, 0.5) is 5.82 Å².